The highest BCUT2D eigenvalue weighted by molar-refractivity contribution is 7.91. The van der Waals surface area contributed by atoms with E-state index >= 15 is 0 Å². The summed E-state index contributed by atoms with van der Waals surface area (Å²) in [5, 5.41) is 9.89. The van der Waals surface area contributed by atoms with Gasteiger partial charge in [-0.2, -0.15) is 0 Å². The third-order valence-corrected chi connectivity index (χ3v) is 5.54. The van der Waals surface area contributed by atoms with Crippen molar-refractivity contribution >= 4 is 9.84 Å². The summed E-state index contributed by atoms with van der Waals surface area (Å²) < 4.78 is 23.1. The maximum atomic E-state index is 11.6. The van der Waals surface area contributed by atoms with Crippen molar-refractivity contribution in [1.29, 1.82) is 0 Å². The lowest BCUT2D eigenvalue weighted by atomic mass is 9.78. The van der Waals surface area contributed by atoms with Crippen LogP contribution in [-0.4, -0.2) is 31.1 Å². The highest BCUT2D eigenvalue weighted by atomic mass is 32.2. The molecule has 102 valence electrons. The van der Waals surface area contributed by atoms with E-state index < -0.39 is 9.84 Å². The Hall–Kier alpha value is -0.0900. The van der Waals surface area contributed by atoms with Crippen LogP contribution in [-0.2, 0) is 9.84 Å². The average molecular weight is 262 g/mol. The van der Waals surface area contributed by atoms with Crippen LogP contribution in [0.15, 0.2) is 0 Å². The van der Waals surface area contributed by atoms with Gasteiger partial charge in [-0.25, -0.2) is 8.42 Å². The summed E-state index contributed by atoms with van der Waals surface area (Å²) in [6.45, 7) is 6.07. The van der Waals surface area contributed by atoms with Gasteiger partial charge < -0.3 is 5.11 Å². The van der Waals surface area contributed by atoms with Crippen molar-refractivity contribution in [2.45, 2.75) is 64.2 Å². The van der Waals surface area contributed by atoms with Crippen molar-refractivity contribution in [1.82, 2.24) is 0 Å². The van der Waals surface area contributed by atoms with Gasteiger partial charge in [0, 0.05) is 6.26 Å². The molecular formula is C13H26O3S. The fourth-order valence-corrected chi connectivity index (χ4v) is 3.73. The molecule has 0 radical (unpaired) electrons. The number of aliphatic hydroxyl groups excluding tert-OH is 1. The third kappa shape index (κ3) is 4.59. The van der Waals surface area contributed by atoms with Gasteiger partial charge in [-0.1, -0.05) is 33.6 Å². The summed E-state index contributed by atoms with van der Waals surface area (Å²) in [6.07, 6.45) is 5.27. The number of hydrogen-bond donors (Lipinski definition) is 1. The molecule has 0 saturated heterocycles. The van der Waals surface area contributed by atoms with Crippen LogP contribution >= 0.6 is 0 Å². The van der Waals surface area contributed by atoms with Crippen LogP contribution in [0.1, 0.15) is 52.9 Å². The van der Waals surface area contributed by atoms with Crippen molar-refractivity contribution < 1.29 is 13.5 Å². The van der Waals surface area contributed by atoms with Crippen LogP contribution in [0, 0.1) is 11.3 Å². The second-order valence-electron chi connectivity index (χ2n) is 6.60. The molecule has 0 bridgehead atoms. The molecular weight excluding hydrogens is 236 g/mol. The molecule has 3 atom stereocenters. The molecule has 1 N–H and O–H groups in total. The predicted molar refractivity (Wildman–Crippen MR) is 70.7 cm³/mol. The van der Waals surface area contributed by atoms with Crippen molar-refractivity contribution in [2.24, 2.45) is 11.3 Å². The van der Waals surface area contributed by atoms with E-state index in [2.05, 4.69) is 0 Å². The summed E-state index contributed by atoms with van der Waals surface area (Å²) in [4.78, 5) is 0. The Morgan fingerprint density at radius 3 is 2.35 bits per heavy atom. The molecule has 0 amide bonds. The van der Waals surface area contributed by atoms with E-state index in [9.17, 15) is 13.5 Å². The van der Waals surface area contributed by atoms with Crippen LogP contribution < -0.4 is 0 Å². The zero-order valence-corrected chi connectivity index (χ0v) is 12.3. The topological polar surface area (TPSA) is 54.4 Å². The first-order valence-electron chi connectivity index (χ1n) is 6.47. The summed E-state index contributed by atoms with van der Waals surface area (Å²) in [6, 6.07) is 0. The number of aliphatic hydroxyl groups is 1. The van der Waals surface area contributed by atoms with Crippen LogP contribution in [0.4, 0.5) is 0 Å². The van der Waals surface area contributed by atoms with Crippen molar-refractivity contribution in [3.8, 4) is 0 Å². The predicted octanol–water partition coefficient (Wildman–Crippen LogP) is 2.39. The molecule has 0 spiro atoms. The van der Waals surface area contributed by atoms with Crippen molar-refractivity contribution in [3.05, 3.63) is 0 Å². The van der Waals surface area contributed by atoms with E-state index in [1.807, 2.05) is 20.8 Å². The zero-order chi connectivity index (χ0) is 13.3. The van der Waals surface area contributed by atoms with Crippen LogP contribution in [0.2, 0.25) is 0 Å². The fourth-order valence-electron chi connectivity index (χ4n) is 2.51. The molecule has 1 aliphatic carbocycles. The minimum atomic E-state index is -2.91. The van der Waals surface area contributed by atoms with Gasteiger partial charge in [-0.3, -0.25) is 0 Å². The summed E-state index contributed by atoms with van der Waals surface area (Å²) in [5.41, 5.74) is -0.113. The van der Waals surface area contributed by atoms with Gasteiger partial charge in [0.15, 0.2) is 0 Å². The first-order valence-corrected chi connectivity index (χ1v) is 8.43. The van der Waals surface area contributed by atoms with Gasteiger partial charge in [0.05, 0.1) is 11.4 Å². The van der Waals surface area contributed by atoms with Gasteiger partial charge >= 0.3 is 0 Å². The fraction of sp³-hybridized carbons (Fsp3) is 1.00. The monoisotopic (exact) mass is 262 g/mol. The molecule has 1 fully saturated rings. The lowest BCUT2D eigenvalue weighted by molar-refractivity contribution is 0.0359. The molecule has 4 heteroatoms. The number of sulfone groups is 1. The number of hydrogen-bond acceptors (Lipinski definition) is 3. The maximum absolute atomic E-state index is 11.6. The maximum Gasteiger partial charge on any atom is 0.150 e. The lowest BCUT2D eigenvalue weighted by Gasteiger charge is -2.33. The van der Waals surface area contributed by atoms with E-state index in [0.717, 1.165) is 32.1 Å². The van der Waals surface area contributed by atoms with E-state index in [1.54, 1.807) is 0 Å². The second-order valence-corrected chi connectivity index (χ2v) is 8.93. The summed E-state index contributed by atoms with van der Waals surface area (Å²) >= 11 is 0. The zero-order valence-electron chi connectivity index (χ0n) is 11.4. The van der Waals surface area contributed by atoms with Gasteiger partial charge in [0.1, 0.15) is 9.84 Å². The Balaban J connectivity index is 2.57. The molecule has 3 nitrogen and oxygen atoms in total. The van der Waals surface area contributed by atoms with Crippen LogP contribution in [0.3, 0.4) is 0 Å². The third-order valence-electron chi connectivity index (χ3n) is 3.90. The molecule has 17 heavy (non-hydrogen) atoms. The highest BCUT2D eigenvalue weighted by Crippen LogP contribution is 2.34. The van der Waals surface area contributed by atoms with Crippen LogP contribution in [0.5, 0.6) is 0 Å². The SMILES string of the molecule is CC(C)(C)C(O)CC1CCCC(S(C)(=O)=O)C1. The smallest absolute Gasteiger partial charge is 0.150 e. The normalized spacial score (nSPS) is 29.0. The van der Waals surface area contributed by atoms with Gasteiger partial charge in [-0.05, 0) is 30.6 Å². The minimum Gasteiger partial charge on any atom is -0.393 e. The second kappa shape index (κ2) is 5.27. The van der Waals surface area contributed by atoms with Gasteiger partial charge in [-0.15, -0.1) is 0 Å². The van der Waals surface area contributed by atoms with Crippen LogP contribution in [0.25, 0.3) is 0 Å². The molecule has 0 aromatic heterocycles. The van der Waals surface area contributed by atoms with E-state index in [-0.39, 0.29) is 16.8 Å². The van der Waals surface area contributed by atoms with Crippen molar-refractivity contribution in [3.63, 3.8) is 0 Å². The molecule has 3 unspecified atom stereocenters. The van der Waals surface area contributed by atoms with Crippen molar-refractivity contribution in [2.75, 3.05) is 6.26 Å². The molecule has 1 aliphatic rings. The molecule has 1 rings (SSSR count). The molecule has 1 saturated carbocycles. The summed E-state index contributed by atoms with van der Waals surface area (Å²) in [5.74, 6) is 0.359. The largest absolute Gasteiger partial charge is 0.393 e. The highest BCUT2D eigenvalue weighted by Gasteiger charge is 2.32. The Labute approximate surface area is 106 Å². The van der Waals surface area contributed by atoms with E-state index in [0.29, 0.717) is 5.92 Å². The Morgan fingerprint density at radius 1 is 1.29 bits per heavy atom. The standard InChI is InChI=1S/C13H26O3S/c1-13(2,3)12(14)9-10-6-5-7-11(8-10)17(4,15)16/h10-12,14H,5-9H2,1-4H3. The first kappa shape index (κ1) is 15.0. The minimum absolute atomic E-state index is 0.113. The lowest BCUT2D eigenvalue weighted by Crippen LogP contribution is -2.33. The molecule has 0 heterocycles. The molecule has 0 aromatic rings. The first-order chi connectivity index (χ1) is 7.60. The number of rotatable bonds is 3. The molecule has 0 aliphatic heterocycles. The Kier molecular flexibility index (Phi) is 4.64. The Morgan fingerprint density at radius 2 is 1.88 bits per heavy atom. The quantitative estimate of drug-likeness (QED) is 0.849. The van der Waals surface area contributed by atoms with E-state index in [1.165, 1.54) is 6.26 Å². The van der Waals surface area contributed by atoms with Gasteiger partial charge in [0.25, 0.3) is 0 Å². The molecule has 0 aromatic carbocycles. The van der Waals surface area contributed by atoms with Gasteiger partial charge in [0.2, 0.25) is 0 Å². The summed E-state index contributed by atoms with van der Waals surface area (Å²) in [7, 11) is -2.91. The van der Waals surface area contributed by atoms with E-state index in [4.69, 9.17) is 0 Å². The average Bonchev–Trinajstić information content (AvgIpc) is 2.15. The Bertz CT molecular complexity index is 340.